The maximum atomic E-state index is 4.63. The average molecular weight is 449 g/mol. The Morgan fingerprint density at radius 2 is 1.86 bits per heavy atom. The number of pyridine rings is 1. The summed E-state index contributed by atoms with van der Waals surface area (Å²) >= 11 is 0. The van der Waals surface area contributed by atoms with Crippen LogP contribution in [-0.2, 0) is 20.1 Å². The molecule has 0 bridgehead atoms. The molecule has 0 fully saturated rings. The molecule has 0 saturated heterocycles. The summed E-state index contributed by atoms with van der Waals surface area (Å²) in [5, 5.41) is 3.26. The number of nitrogens with zero attached hydrogens (tertiary/aromatic N) is 3. The van der Waals surface area contributed by atoms with E-state index in [4.69, 9.17) is 0 Å². The van der Waals surface area contributed by atoms with Crippen molar-refractivity contribution >= 4 is 21.7 Å². The van der Waals surface area contributed by atoms with Crippen molar-refractivity contribution in [1.82, 2.24) is 15.0 Å². The number of benzene rings is 2. The Balaban J connectivity index is 0.00000132. The van der Waals surface area contributed by atoms with Crippen LogP contribution in [0, 0.1) is 6.07 Å². The van der Waals surface area contributed by atoms with E-state index in [1.54, 1.807) is 6.20 Å². The summed E-state index contributed by atoms with van der Waals surface area (Å²) in [6, 6.07) is 17.0. The molecule has 21 heavy (non-hydrogen) atoms. The minimum Gasteiger partial charge on any atom is -0.285 e. The first kappa shape index (κ1) is 13.8. The summed E-state index contributed by atoms with van der Waals surface area (Å²) in [5.74, 6) is 0.696. The summed E-state index contributed by atoms with van der Waals surface area (Å²) in [6.07, 6.45) is 5.51. The molecule has 4 rings (SSSR count). The van der Waals surface area contributed by atoms with E-state index in [0.717, 1.165) is 27.2 Å². The molecule has 0 N–H and O–H groups in total. The van der Waals surface area contributed by atoms with Gasteiger partial charge < -0.3 is 0 Å². The van der Waals surface area contributed by atoms with Gasteiger partial charge >= 0.3 is 0 Å². The van der Waals surface area contributed by atoms with Crippen LogP contribution >= 0.6 is 0 Å². The second-order valence-electron chi connectivity index (χ2n) is 4.60. The third-order valence-electron chi connectivity index (χ3n) is 3.29. The van der Waals surface area contributed by atoms with Gasteiger partial charge in [-0.2, -0.15) is 0 Å². The fourth-order valence-corrected chi connectivity index (χ4v) is 2.28. The van der Waals surface area contributed by atoms with Gasteiger partial charge in [0.1, 0.15) is 0 Å². The first-order valence-corrected chi connectivity index (χ1v) is 6.38. The minimum atomic E-state index is 0. The van der Waals surface area contributed by atoms with E-state index in [-0.39, 0.29) is 20.1 Å². The Labute approximate surface area is 135 Å². The van der Waals surface area contributed by atoms with Crippen molar-refractivity contribution < 1.29 is 20.1 Å². The number of hydrogen-bond acceptors (Lipinski definition) is 3. The molecule has 2 heterocycles. The minimum absolute atomic E-state index is 0. The van der Waals surface area contributed by atoms with Gasteiger partial charge in [0.05, 0.1) is 11.3 Å². The molecule has 0 unspecified atom stereocenters. The van der Waals surface area contributed by atoms with Gasteiger partial charge in [0.15, 0.2) is 0 Å². The first-order valence-electron chi connectivity index (χ1n) is 6.38. The molecule has 4 heteroatoms. The van der Waals surface area contributed by atoms with Gasteiger partial charge in [0, 0.05) is 49.5 Å². The predicted octanol–water partition coefficient (Wildman–Crippen LogP) is 3.64. The quantitative estimate of drug-likeness (QED) is 0.330. The summed E-state index contributed by atoms with van der Waals surface area (Å²) < 4.78 is 0. The average Bonchev–Trinajstić information content (AvgIpc) is 2.53. The maximum absolute atomic E-state index is 4.63. The summed E-state index contributed by atoms with van der Waals surface area (Å²) in [7, 11) is 0. The van der Waals surface area contributed by atoms with Gasteiger partial charge in [-0.05, 0) is 23.6 Å². The number of aromatic nitrogens is 3. The second kappa shape index (κ2) is 5.68. The first-order chi connectivity index (χ1) is 9.90. The van der Waals surface area contributed by atoms with Crippen LogP contribution in [0.1, 0.15) is 0 Å². The van der Waals surface area contributed by atoms with E-state index in [0.29, 0.717) is 5.82 Å². The van der Waals surface area contributed by atoms with Gasteiger partial charge in [0.2, 0.25) is 0 Å². The predicted molar refractivity (Wildman–Crippen MR) is 79.1 cm³/mol. The Bertz CT molecular complexity index is 907. The van der Waals surface area contributed by atoms with Crippen LogP contribution in [0.15, 0.2) is 61.1 Å². The molecule has 0 aliphatic heterocycles. The van der Waals surface area contributed by atoms with Crippen LogP contribution in [0.5, 0.6) is 0 Å². The molecule has 1 radical (unpaired) electrons. The molecule has 0 atom stereocenters. The van der Waals surface area contributed by atoms with Crippen molar-refractivity contribution in [2.75, 3.05) is 0 Å². The number of hydrogen-bond donors (Lipinski definition) is 0. The Morgan fingerprint density at radius 1 is 0.905 bits per heavy atom. The Kier molecular flexibility index (Phi) is 3.73. The van der Waals surface area contributed by atoms with E-state index < -0.39 is 0 Å². The van der Waals surface area contributed by atoms with Gasteiger partial charge in [-0.1, -0.05) is 0 Å². The van der Waals surface area contributed by atoms with Crippen LogP contribution in [0.4, 0.5) is 0 Å². The van der Waals surface area contributed by atoms with E-state index >= 15 is 0 Å². The molecule has 4 aromatic rings. The van der Waals surface area contributed by atoms with Crippen LogP contribution in [0.2, 0.25) is 0 Å². The molecule has 2 aromatic heterocycles. The third-order valence-corrected chi connectivity index (χ3v) is 3.29. The molecule has 3 nitrogen and oxygen atoms in total. The van der Waals surface area contributed by atoms with Crippen LogP contribution < -0.4 is 0 Å². The fraction of sp³-hybridized carbons (Fsp3) is 0. The Morgan fingerprint density at radius 3 is 2.71 bits per heavy atom. The maximum Gasteiger partial charge on any atom is 0.0755 e. The monoisotopic (exact) mass is 449 g/mol. The smallest absolute Gasteiger partial charge is 0.0755 e. The SMILES string of the molecule is [Ir].[c-]1ccccc1-c1ncc2cc3ccncc3cc2n1. The number of fused-ring (bicyclic) bond motifs is 2. The summed E-state index contributed by atoms with van der Waals surface area (Å²) in [5.41, 5.74) is 1.83. The van der Waals surface area contributed by atoms with Crippen molar-refractivity contribution in [2.45, 2.75) is 0 Å². The van der Waals surface area contributed by atoms with Gasteiger partial charge in [-0.25, -0.2) is 0 Å². The zero-order chi connectivity index (χ0) is 13.4. The van der Waals surface area contributed by atoms with E-state index in [1.165, 1.54) is 0 Å². The largest absolute Gasteiger partial charge is 0.285 e. The molecular weight excluding hydrogens is 438 g/mol. The Hall–Kier alpha value is -2.16. The molecule has 0 aliphatic rings. The summed E-state index contributed by atoms with van der Waals surface area (Å²) in [4.78, 5) is 13.2. The van der Waals surface area contributed by atoms with Gasteiger partial charge in [0.25, 0.3) is 0 Å². The fourth-order valence-electron chi connectivity index (χ4n) is 2.28. The molecule has 103 valence electrons. The van der Waals surface area contributed by atoms with Crippen LogP contribution in [0.3, 0.4) is 0 Å². The van der Waals surface area contributed by atoms with Crippen LogP contribution in [-0.4, -0.2) is 15.0 Å². The topological polar surface area (TPSA) is 38.7 Å². The van der Waals surface area contributed by atoms with Crippen LogP contribution in [0.25, 0.3) is 33.1 Å². The van der Waals surface area contributed by atoms with E-state index in [1.807, 2.05) is 48.8 Å². The van der Waals surface area contributed by atoms with Crippen molar-refractivity contribution in [3.63, 3.8) is 0 Å². The van der Waals surface area contributed by atoms with Crippen molar-refractivity contribution in [3.05, 3.63) is 67.1 Å². The van der Waals surface area contributed by atoms with Crippen molar-refractivity contribution in [3.8, 4) is 11.4 Å². The molecular formula is C17H10IrN3-. The molecule has 0 spiro atoms. The van der Waals surface area contributed by atoms with Gasteiger partial charge in [-0.3, -0.25) is 15.0 Å². The van der Waals surface area contributed by atoms with E-state index in [2.05, 4.69) is 27.1 Å². The molecule has 0 aliphatic carbocycles. The van der Waals surface area contributed by atoms with Crippen molar-refractivity contribution in [1.29, 1.82) is 0 Å². The number of rotatable bonds is 1. The summed E-state index contributed by atoms with van der Waals surface area (Å²) in [6.45, 7) is 0. The molecule has 2 aromatic carbocycles. The molecule has 0 amide bonds. The zero-order valence-electron chi connectivity index (χ0n) is 10.9. The van der Waals surface area contributed by atoms with Crippen molar-refractivity contribution in [2.24, 2.45) is 0 Å². The second-order valence-corrected chi connectivity index (χ2v) is 4.60. The standard InChI is InChI=1S/C17H10N3.Ir/c1-2-4-12(5-3-1)17-19-11-15-8-13-6-7-18-10-14(13)9-16(15)20-17;/h1-4,6-11H;/q-1;. The zero-order valence-corrected chi connectivity index (χ0v) is 13.3. The van der Waals surface area contributed by atoms with Gasteiger partial charge in [-0.15, -0.1) is 35.9 Å². The molecule has 0 saturated carbocycles. The normalized spacial score (nSPS) is 10.5. The third kappa shape index (κ3) is 2.56. The van der Waals surface area contributed by atoms with E-state index in [9.17, 15) is 0 Å².